The van der Waals surface area contributed by atoms with E-state index >= 15 is 0 Å². The molecule has 49 heavy (non-hydrogen) atoms. The summed E-state index contributed by atoms with van der Waals surface area (Å²) in [7, 11) is 3.37. The molecule has 6 rings (SSSR count). The molecule has 0 aliphatic carbocycles. The standard InChI is InChI=1S/C37H45FN8O3/c1-4-49-23-22-46-34-9-6-5-8-32(34)40-37(46)45-18-7-17-44(20-21-45)19-16-29(27-10-13-30(38)14-11-27)26-43(2)36(47)31-24-28(12-15-35(31)48-3)33-25-39-42-41-33/h5-6,8-15,24-25,29,33H,4,7,16-23,26H2,1-3H3. The molecule has 11 nitrogen and oxygen atoms in total. The van der Waals surface area contributed by atoms with Crippen molar-refractivity contribution in [1.29, 1.82) is 0 Å². The minimum Gasteiger partial charge on any atom is -0.496 e. The molecule has 1 amide bonds. The molecule has 3 aromatic carbocycles. The van der Waals surface area contributed by atoms with E-state index < -0.39 is 0 Å². The predicted molar refractivity (Wildman–Crippen MR) is 189 cm³/mol. The first-order chi connectivity index (χ1) is 23.9. The van der Waals surface area contributed by atoms with Gasteiger partial charge in [0.1, 0.15) is 17.6 Å². The maximum absolute atomic E-state index is 14.0. The third-order valence-corrected chi connectivity index (χ3v) is 9.38. The summed E-state index contributed by atoms with van der Waals surface area (Å²) in [4.78, 5) is 25.5. The van der Waals surface area contributed by atoms with E-state index in [1.54, 1.807) is 30.4 Å². The number of para-hydroxylation sites is 2. The van der Waals surface area contributed by atoms with Gasteiger partial charge in [-0.25, -0.2) is 9.37 Å². The lowest BCUT2D eigenvalue weighted by atomic mass is 9.94. The number of fused-ring (bicyclic) bond motifs is 1. The number of carbonyl (C=O) groups is 1. The number of likely N-dealkylation sites (N-methyl/N-ethyl adjacent to an activating group) is 1. The highest BCUT2D eigenvalue weighted by Crippen LogP contribution is 2.29. The summed E-state index contributed by atoms with van der Waals surface area (Å²) in [6.45, 7) is 9.06. The number of rotatable bonds is 14. The summed E-state index contributed by atoms with van der Waals surface area (Å²) in [5.41, 5.74) is 4.40. The number of ether oxygens (including phenoxy) is 2. The molecule has 12 heteroatoms. The fourth-order valence-electron chi connectivity index (χ4n) is 6.71. The molecule has 0 bridgehead atoms. The van der Waals surface area contributed by atoms with Gasteiger partial charge < -0.3 is 28.7 Å². The van der Waals surface area contributed by atoms with Gasteiger partial charge in [-0.3, -0.25) is 4.79 Å². The molecule has 2 atom stereocenters. The summed E-state index contributed by atoms with van der Waals surface area (Å²) in [6, 6.07) is 20.1. The SMILES string of the molecule is CCOCCn1c(N2CCCN(CCC(CN(C)C(=O)c3cc(C4C=NN=N4)ccc3OC)c3ccc(F)cc3)CC2)nc2ccccc21. The number of imidazole rings is 1. The molecule has 0 N–H and O–H groups in total. The smallest absolute Gasteiger partial charge is 0.257 e. The summed E-state index contributed by atoms with van der Waals surface area (Å²) in [5.74, 6) is 1.05. The molecule has 1 saturated heterocycles. The fourth-order valence-corrected chi connectivity index (χ4v) is 6.71. The molecule has 2 unspecified atom stereocenters. The van der Waals surface area contributed by atoms with Crippen LogP contribution >= 0.6 is 0 Å². The van der Waals surface area contributed by atoms with Crippen LogP contribution in [0.25, 0.3) is 11.0 Å². The van der Waals surface area contributed by atoms with E-state index in [0.717, 1.165) is 80.2 Å². The van der Waals surface area contributed by atoms with E-state index in [1.807, 2.05) is 38.2 Å². The minimum absolute atomic E-state index is 0.00149. The van der Waals surface area contributed by atoms with Gasteiger partial charge in [0.15, 0.2) is 0 Å². The fraction of sp³-hybridized carbons (Fsp3) is 0.432. The largest absolute Gasteiger partial charge is 0.496 e. The summed E-state index contributed by atoms with van der Waals surface area (Å²) in [5, 5.41) is 11.7. The van der Waals surface area contributed by atoms with Gasteiger partial charge >= 0.3 is 0 Å². The molecule has 2 aliphatic heterocycles. The van der Waals surface area contributed by atoms with Crippen molar-refractivity contribution in [1.82, 2.24) is 19.4 Å². The highest BCUT2D eigenvalue weighted by atomic mass is 19.1. The van der Waals surface area contributed by atoms with Gasteiger partial charge in [0.25, 0.3) is 5.91 Å². The number of hydrogen-bond donors (Lipinski definition) is 0. The summed E-state index contributed by atoms with van der Waals surface area (Å²) in [6.07, 6.45) is 3.47. The highest BCUT2D eigenvalue weighted by molar-refractivity contribution is 5.97. The van der Waals surface area contributed by atoms with Crippen molar-refractivity contribution in [3.05, 3.63) is 89.2 Å². The topological polar surface area (TPSA) is 100 Å². The second kappa shape index (κ2) is 16.1. The molecular formula is C37H45FN8O3. The van der Waals surface area contributed by atoms with Crippen LogP contribution < -0.4 is 9.64 Å². The Bertz CT molecular complexity index is 1760. The zero-order valence-electron chi connectivity index (χ0n) is 28.5. The number of methoxy groups -OCH3 is 1. The molecule has 1 fully saturated rings. The van der Waals surface area contributed by atoms with Crippen molar-refractivity contribution >= 4 is 29.1 Å². The van der Waals surface area contributed by atoms with E-state index in [2.05, 4.69) is 48.0 Å². The van der Waals surface area contributed by atoms with Crippen LogP contribution in [0.1, 0.15) is 53.2 Å². The predicted octanol–water partition coefficient (Wildman–Crippen LogP) is 6.17. The van der Waals surface area contributed by atoms with Crippen molar-refractivity contribution < 1.29 is 18.7 Å². The normalized spacial score (nSPS) is 17.1. The average Bonchev–Trinajstić information content (AvgIpc) is 3.73. The molecule has 258 valence electrons. The van der Waals surface area contributed by atoms with E-state index in [-0.39, 0.29) is 23.7 Å². The third-order valence-electron chi connectivity index (χ3n) is 9.38. The van der Waals surface area contributed by atoms with Crippen molar-refractivity contribution in [3.8, 4) is 5.75 Å². The van der Waals surface area contributed by atoms with Gasteiger partial charge in [0.05, 0.1) is 36.5 Å². The van der Waals surface area contributed by atoms with Gasteiger partial charge in [0, 0.05) is 52.3 Å². The van der Waals surface area contributed by atoms with Gasteiger partial charge in [-0.05, 0) is 85.6 Å². The zero-order valence-corrected chi connectivity index (χ0v) is 28.5. The van der Waals surface area contributed by atoms with E-state index in [1.165, 1.54) is 12.1 Å². The lowest BCUT2D eigenvalue weighted by molar-refractivity contribution is 0.0779. The lowest BCUT2D eigenvalue weighted by Gasteiger charge is -2.28. The summed E-state index contributed by atoms with van der Waals surface area (Å²) < 4.78 is 27.5. The van der Waals surface area contributed by atoms with Gasteiger partial charge in [-0.15, -0.1) is 5.10 Å². The molecule has 0 spiro atoms. The molecule has 2 aliphatic rings. The highest BCUT2D eigenvalue weighted by Gasteiger charge is 2.25. The molecule has 4 aromatic rings. The number of hydrogen-bond acceptors (Lipinski definition) is 9. The Hall–Kier alpha value is -4.68. The Balaban J connectivity index is 1.14. The molecule has 0 saturated carbocycles. The monoisotopic (exact) mass is 668 g/mol. The van der Waals surface area contributed by atoms with Crippen molar-refractivity contribution in [2.24, 2.45) is 15.4 Å². The Morgan fingerprint density at radius 3 is 2.65 bits per heavy atom. The van der Waals surface area contributed by atoms with Gasteiger partial charge in [-0.1, -0.05) is 30.3 Å². The first kappa shape index (κ1) is 34.2. The first-order valence-corrected chi connectivity index (χ1v) is 17.1. The lowest BCUT2D eigenvalue weighted by Crippen LogP contribution is -2.35. The van der Waals surface area contributed by atoms with E-state index in [4.69, 9.17) is 14.5 Å². The second-order valence-electron chi connectivity index (χ2n) is 12.5. The van der Waals surface area contributed by atoms with Crippen LogP contribution in [0, 0.1) is 5.82 Å². The Labute approximate surface area is 287 Å². The van der Waals surface area contributed by atoms with Crippen LogP contribution in [0.3, 0.4) is 0 Å². The summed E-state index contributed by atoms with van der Waals surface area (Å²) >= 11 is 0. The number of aromatic nitrogens is 2. The van der Waals surface area contributed by atoms with Crippen LogP contribution in [-0.2, 0) is 11.3 Å². The van der Waals surface area contributed by atoms with E-state index in [9.17, 15) is 9.18 Å². The van der Waals surface area contributed by atoms with Crippen LogP contribution in [0.4, 0.5) is 10.3 Å². The van der Waals surface area contributed by atoms with Crippen molar-refractivity contribution in [3.63, 3.8) is 0 Å². The van der Waals surface area contributed by atoms with Crippen LogP contribution in [0.15, 0.2) is 82.2 Å². The second-order valence-corrected chi connectivity index (χ2v) is 12.5. The first-order valence-electron chi connectivity index (χ1n) is 17.1. The van der Waals surface area contributed by atoms with E-state index in [0.29, 0.717) is 31.1 Å². The van der Waals surface area contributed by atoms with Gasteiger partial charge in [-0.2, -0.15) is 5.11 Å². The number of halogens is 1. The third kappa shape index (κ3) is 8.14. The number of amides is 1. The van der Waals surface area contributed by atoms with Crippen LogP contribution in [-0.4, -0.2) is 98.1 Å². The number of anilines is 1. The van der Waals surface area contributed by atoms with Gasteiger partial charge in [0.2, 0.25) is 5.95 Å². The van der Waals surface area contributed by atoms with Crippen molar-refractivity contribution in [2.45, 2.75) is 38.3 Å². The minimum atomic E-state index is -0.325. The van der Waals surface area contributed by atoms with Crippen molar-refractivity contribution in [2.75, 3.05) is 71.5 Å². The van der Waals surface area contributed by atoms with Crippen LogP contribution in [0.5, 0.6) is 5.75 Å². The Kier molecular flexibility index (Phi) is 11.3. The van der Waals surface area contributed by atoms with Crippen LogP contribution in [0.2, 0.25) is 0 Å². The molecule has 3 heterocycles. The maximum atomic E-state index is 14.0. The average molecular weight is 669 g/mol. The Morgan fingerprint density at radius 1 is 1.04 bits per heavy atom. The molecule has 1 aromatic heterocycles. The number of carbonyl (C=O) groups excluding carboxylic acids is 1. The maximum Gasteiger partial charge on any atom is 0.257 e. The number of benzene rings is 3. The molecular weight excluding hydrogens is 623 g/mol. The zero-order chi connectivity index (χ0) is 34.2. The number of nitrogens with zero attached hydrogens (tertiary/aromatic N) is 8. The molecule has 0 radical (unpaired) electrons. The quantitative estimate of drug-likeness (QED) is 0.149. The Morgan fingerprint density at radius 2 is 1.88 bits per heavy atom.